The van der Waals surface area contributed by atoms with E-state index in [1.54, 1.807) is 36.1 Å². The molecular weight excluding hydrogens is 590 g/mol. The number of likely N-dealkylation sites (tertiary alicyclic amines) is 1. The molecule has 1 unspecified atom stereocenters. The minimum Gasteiger partial charge on any atom is -0.370 e. The SMILES string of the molecule is C[C@](NS(=O)(=O)c1ccc2ccccc2c1)(C(=O)NCC1CCCN(C(=N)N)C1)c1cccc2ccccc12.O=S(O)O. The number of hydrogen-bond acceptors (Lipinski definition) is 5. The lowest BCUT2D eigenvalue weighted by molar-refractivity contribution is -0.126. The molecule has 1 heterocycles. The molecule has 0 radical (unpaired) electrons. The molecule has 0 aliphatic carbocycles. The Morgan fingerprint density at radius 2 is 1.65 bits per heavy atom. The molecule has 2 atom stereocenters. The highest BCUT2D eigenvalue weighted by atomic mass is 32.2. The number of carbonyl (C=O) groups is 1. The molecule has 1 aliphatic heterocycles. The van der Waals surface area contributed by atoms with Gasteiger partial charge in [0, 0.05) is 19.6 Å². The summed E-state index contributed by atoms with van der Waals surface area (Å²) in [5.74, 6) is -0.321. The van der Waals surface area contributed by atoms with Gasteiger partial charge in [-0.2, -0.15) is 8.93 Å². The molecule has 7 N–H and O–H groups in total. The van der Waals surface area contributed by atoms with Crippen molar-refractivity contribution >= 4 is 54.8 Å². The molecule has 1 amide bonds. The van der Waals surface area contributed by atoms with Crippen molar-refractivity contribution in [2.24, 2.45) is 11.7 Å². The van der Waals surface area contributed by atoms with Crippen LogP contribution in [0.3, 0.4) is 0 Å². The van der Waals surface area contributed by atoms with Crippen molar-refractivity contribution in [1.82, 2.24) is 14.9 Å². The Morgan fingerprint density at radius 3 is 2.35 bits per heavy atom. The Bertz CT molecular complexity index is 1760. The number of sulfonamides is 1. The molecular formula is C30H35N5O6S2. The Hall–Kier alpha value is -3.88. The summed E-state index contributed by atoms with van der Waals surface area (Å²) in [6, 6.07) is 25.7. The summed E-state index contributed by atoms with van der Waals surface area (Å²) in [4.78, 5) is 15.9. The molecule has 0 spiro atoms. The van der Waals surface area contributed by atoms with Crippen molar-refractivity contribution in [2.75, 3.05) is 19.6 Å². The Morgan fingerprint density at radius 1 is 1.02 bits per heavy atom. The summed E-state index contributed by atoms with van der Waals surface area (Å²) >= 11 is -2.61. The van der Waals surface area contributed by atoms with Crippen molar-refractivity contribution in [1.29, 1.82) is 5.41 Å². The van der Waals surface area contributed by atoms with Crippen LogP contribution in [-0.4, -0.2) is 58.1 Å². The minimum atomic E-state index is -4.10. The van der Waals surface area contributed by atoms with Gasteiger partial charge in [0.15, 0.2) is 5.96 Å². The van der Waals surface area contributed by atoms with Crippen LogP contribution in [0.4, 0.5) is 0 Å². The average molecular weight is 626 g/mol. The first-order valence-electron chi connectivity index (χ1n) is 13.6. The number of nitrogens with two attached hydrogens (primary N) is 1. The second-order valence-electron chi connectivity index (χ2n) is 10.5. The van der Waals surface area contributed by atoms with Crippen LogP contribution in [0, 0.1) is 11.3 Å². The summed E-state index contributed by atoms with van der Waals surface area (Å²) < 4.78 is 53.2. The first-order valence-corrected chi connectivity index (χ1v) is 16.1. The number of benzene rings is 4. The predicted molar refractivity (Wildman–Crippen MR) is 168 cm³/mol. The van der Waals surface area contributed by atoms with Crippen LogP contribution < -0.4 is 15.8 Å². The number of carbonyl (C=O) groups excluding carboxylic acids is 1. The second kappa shape index (κ2) is 13.6. The van der Waals surface area contributed by atoms with Crippen LogP contribution in [0.15, 0.2) is 89.8 Å². The lowest BCUT2D eigenvalue weighted by Crippen LogP contribution is -2.55. The maximum atomic E-state index is 14.0. The number of nitrogens with one attached hydrogen (secondary N) is 3. The van der Waals surface area contributed by atoms with Crippen LogP contribution in [0.1, 0.15) is 25.3 Å². The zero-order valence-corrected chi connectivity index (χ0v) is 25.2. The molecule has 0 bridgehead atoms. The lowest BCUT2D eigenvalue weighted by atomic mass is 9.87. The molecule has 0 saturated carbocycles. The molecule has 1 saturated heterocycles. The number of hydrogen-bond donors (Lipinski definition) is 6. The molecule has 13 heteroatoms. The van der Waals surface area contributed by atoms with Crippen molar-refractivity contribution in [3.05, 3.63) is 90.5 Å². The summed E-state index contributed by atoms with van der Waals surface area (Å²) in [5, 5.41) is 14.2. The number of guanidine groups is 1. The molecule has 1 fully saturated rings. The fourth-order valence-corrected chi connectivity index (χ4v) is 6.80. The Kier molecular flexibility index (Phi) is 10.1. The van der Waals surface area contributed by atoms with Gasteiger partial charge in [0.2, 0.25) is 15.9 Å². The van der Waals surface area contributed by atoms with Gasteiger partial charge in [0.05, 0.1) is 4.90 Å². The summed E-state index contributed by atoms with van der Waals surface area (Å²) in [5.41, 5.74) is 4.66. The molecule has 0 aromatic heterocycles. The fraction of sp³-hybridized carbons (Fsp3) is 0.267. The molecule has 5 rings (SSSR count). The van der Waals surface area contributed by atoms with Gasteiger partial charge in [-0.3, -0.25) is 19.3 Å². The number of rotatable bonds is 7. The molecule has 4 aromatic rings. The number of fused-ring (bicyclic) bond motifs is 2. The summed E-state index contributed by atoms with van der Waals surface area (Å²) in [6.07, 6.45) is 1.76. The quantitative estimate of drug-likeness (QED) is 0.102. The monoisotopic (exact) mass is 625 g/mol. The lowest BCUT2D eigenvalue weighted by Gasteiger charge is -2.35. The highest BCUT2D eigenvalue weighted by Gasteiger charge is 2.41. The predicted octanol–water partition coefficient (Wildman–Crippen LogP) is 3.59. The number of piperidine rings is 1. The van der Waals surface area contributed by atoms with E-state index >= 15 is 0 Å². The van der Waals surface area contributed by atoms with Crippen LogP contribution in [0.2, 0.25) is 0 Å². The van der Waals surface area contributed by atoms with Crippen LogP contribution in [0.5, 0.6) is 0 Å². The van der Waals surface area contributed by atoms with Gasteiger partial charge in [-0.05, 0) is 64.9 Å². The highest BCUT2D eigenvalue weighted by Crippen LogP contribution is 2.32. The second-order valence-corrected chi connectivity index (χ2v) is 12.7. The Labute approximate surface area is 253 Å². The average Bonchev–Trinajstić information content (AvgIpc) is 2.98. The number of amides is 1. The fourth-order valence-electron chi connectivity index (χ4n) is 5.41. The zero-order chi connectivity index (χ0) is 31.2. The van der Waals surface area contributed by atoms with Crippen molar-refractivity contribution in [2.45, 2.75) is 30.2 Å². The maximum Gasteiger partial charge on any atom is 0.299 e. The van der Waals surface area contributed by atoms with E-state index in [4.69, 9.17) is 24.5 Å². The standard InChI is InChI=1S/C30H33N5O3S.H2O3S/c1-30(27-14-6-12-23-10-4-5-13-26(23)27,28(36)33-19-21-8-7-17-35(20-21)29(31)32)34-39(37,38)25-16-15-22-9-2-3-11-24(22)18-25;1-4(2)3/h2-6,9-16,18,21,34H,7-8,17,19-20H2,1H3,(H3,31,32)(H,33,36);(H2,1,2,3)/t21?,30-;/m1./s1. The first-order chi connectivity index (χ1) is 20.4. The van der Waals surface area contributed by atoms with E-state index in [1.165, 1.54) is 0 Å². The van der Waals surface area contributed by atoms with E-state index in [2.05, 4.69) is 10.0 Å². The molecule has 4 aromatic carbocycles. The third kappa shape index (κ3) is 7.75. The van der Waals surface area contributed by atoms with Gasteiger partial charge in [-0.15, -0.1) is 0 Å². The first kappa shape index (κ1) is 32.0. The largest absolute Gasteiger partial charge is 0.370 e. The van der Waals surface area contributed by atoms with Gasteiger partial charge >= 0.3 is 0 Å². The van der Waals surface area contributed by atoms with Crippen molar-refractivity contribution < 1.29 is 26.5 Å². The molecule has 1 aliphatic rings. The van der Waals surface area contributed by atoms with E-state index in [-0.39, 0.29) is 16.8 Å². The maximum absolute atomic E-state index is 14.0. The summed E-state index contributed by atoms with van der Waals surface area (Å²) in [6.45, 7) is 3.26. The van der Waals surface area contributed by atoms with E-state index in [9.17, 15) is 13.2 Å². The molecule has 43 heavy (non-hydrogen) atoms. The third-order valence-corrected chi connectivity index (χ3v) is 9.11. The number of nitrogens with zero attached hydrogens (tertiary/aromatic N) is 1. The van der Waals surface area contributed by atoms with Crippen LogP contribution in [-0.2, 0) is 31.7 Å². The topological polar surface area (TPSA) is 186 Å². The summed E-state index contributed by atoms with van der Waals surface area (Å²) in [7, 11) is -4.10. The van der Waals surface area contributed by atoms with Crippen LogP contribution >= 0.6 is 0 Å². The van der Waals surface area contributed by atoms with E-state index in [0.29, 0.717) is 18.7 Å². The van der Waals surface area contributed by atoms with Gasteiger partial charge < -0.3 is 16.0 Å². The van der Waals surface area contributed by atoms with Gasteiger partial charge in [-0.1, -0.05) is 72.8 Å². The third-order valence-electron chi connectivity index (χ3n) is 7.56. The van der Waals surface area contributed by atoms with E-state index in [1.807, 2.05) is 60.7 Å². The molecule has 11 nitrogen and oxygen atoms in total. The van der Waals surface area contributed by atoms with Crippen molar-refractivity contribution in [3.63, 3.8) is 0 Å². The van der Waals surface area contributed by atoms with Crippen molar-refractivity contribution in [3.8, 4) is 0 Å². The van der Waals surface area contributed by atoms with Gasteiger partial charge in [0.1, 0.15) is 5.54 Å². The highest BCUT2D eigenvalue weighted by molar-refractivity contribution is 7.89. The Balaban J connectivity index is 0.000000996. The van der Waals surface area contributed by atoms with E-state index in [0.717, 1.165) is 40.9 Å². The van der Waals surface area contributed by atoms with Gasteiger partial charge in [0.25, 0.3) is 11.4 Å². The normalized spacial score (nSPS) is 16.7. The van der Waals surface area contributed by atoms with Crippen LogP contribution in [0.25, 0.3) is 21.5 Å². The molecule has 228 valence electrons. The minimum absolute atomic E-state index is 0.0229. The van der Waals surface area contributed by atoms with Gasteiger partial charge in [-0.25, -0.2) is 8.42 Å². The van der Waals surface area contributed by atoms with E-state index < -0.39 is 32.8 Å². The zero-order valence-electron chi connectivity index (χ0n) is 23.6. The smallest absolute Gasteiger partial charge is 0.299 e.